The van der Waals surface area contributed by atoms with E-state index in [0.29, 0.717) is 11.8 Å². The Morgan fingerprint density at radius 3 is 2.00 bits per heavy atom. The quantitative estimate of drug-likeness (QED) is 0.194. The molecule has 0 N–H and O–H groups in total. The van der Waals surface area contributed by atoms with E-state index in [1.165, 1.54) is 60.8 Å². The van der Waals surface area contributed by atoms with Crippen molar-refractivity contribution < 1.29 is 0 Å². The molecule has 0 radical (unpaired) electrons. The smallest absolute Gasteiger partial charge is 0.0708 e. The van der Waals surface area contributed by atoms with Crippen LogP contribution in [0.5, 0.6) is 0 Å². The lowest BCUT2D eigenvalue weighted by atomic mass is 9.80. The van der Waals surface area contributed by atoms with Crippen molar-refractivity contribution in [2.75, 3.05) is 7.05 Å². The number of pyridine rings is 1. The standard InChI is InChI=1S/C38H40N2/c1-24(25(2)22-39-7)21-36-26(3)28(5)38(29(6)27(36)4)35-17-11-10-16-33(35)31-19-20-37(40-23-31)34-18-12-14-30-13-8-9-15-32(30)34/h8-20,22-25H,21H2,1-7H3/b39-22-. The molecule has 2 nitrogen and oxygen atoms in total. The van der Waals surface area contributed by atoms with Gasteiger partial charge in [-0.3, -0.25) is 4.98 Å². The molecule has 0 saturated heterocycles. The van der Waals surface area contributed by atoms with Crippen molar-refractivity contribution in [3.05, 3.63) is 113 Å². The maximum absolute atomic E-state index is 4.96. The van der Waals surface area contributed by atoms with Crippen LogP contribution in [0.2, 0.25) is 0 Å². The molecule has 4 aromatic carbocycles. The first-order valence-corrected chi connectivity index (χ1v) is 14.4. The van der Waals surface area contributed by atoms with Gasteiger partial charge in [0.05, 0.1) is 5.69 Å². The van der Waals surface area contributed by atoms with Gasteiger partial charge in [0.2, 0.25) is 0 Å². The maximum atomic E-state index is 4.96. The van der Waals surface area contributed by atoms with Gasteiger partial charge in [-0.1, -0.05) is 86.6 Å². The molecule has 202 valence electrons. The minimum Gasteiger partial charge on any atom is -0.301 e. The summed E-state index contributed by atoms with van der Waals surface area (Å²) in [5.74, 6) is 0.985. The van der Waals surface area contributed by atoms with Crippen LogP contribution in [-0.4, -0.2) is 18.2 Å². The summed E-state index contributed by atoms with van der Waals surface area (Å²) in [6.45, 7) is 13.8. The Labute approximate surface area is 239 Å². The van der Waals surface area contributed by atoms with Crippen LogP contribution in [0.15, 0.2) is 90.1 Å². The lowest BCUT2D eigenvalue weighted by Crippen LogP contribution is -2.15. The molecule has 2 atom stereocenters. The Morgan fingerprint density at radius 1 is 0.700 bits per heavy atom. The second kappa shape index (κ2) is 11.6. The molecule has 0 bridgehead atoms. The third kappa shape index (κ3) is 5.11. The molecule has 0 aliphatic carbocycles. The summed E-state index contributed by atoms with van der Waals surface area (Å²) in [5.41, 5.74) is 14.2. The number of fused-ring (bicyclic) bond motifs is 1. The second-order valence-corrected chi connectivity index (χ2v) is 11.3. The third-order valence-corrected chi connectivity index (χ3v) is 8.92. The van der Waals surface area contributed by atoms with E-state index >= 15 is 0 Å². The van der Waals surface area contributed by atoms with Crippen molar-refractivity contribution in [1.82, 2.24) is 4.98 Å². The predicted octanol–water partition coefficient (Wildman–Crippen LogP) is 9.98. The zero-order valence-electron chi connectivity index (χ0n) is 24.9. The molecule has 0 aliphatic rings. The minimum absolute atomic E-state index is 0.453. The van der Waals surface area contributed by atoms with Crippen LogP contribution >= 0.6 is 0 Å². The summed E-state index contributed by atoms with van der Waals surface area (Å²) in [6, 6.07) is 28.1. The van der Waals surface area contributed by atoms with E-state index < -0.39 is 0 Å². The van der Waals surface area contributed by atoms with Crippen molar-refractivity contribution in [1.29, 1.82) is 0 Å². The van der Waals surface area contributed by atoms with E-state index in [2.05, 4.69) is 132 Å². The molecule has 0 fully saturated rings. The molecule has 5 rings (SSSR count). The van der Waals surface area contributed by atoms with Gasteiger partial charge in [-0.15, -0.1) is 0 Å². The molecule has 1 aromatic heterocycles. The van der Waals surface area contributed by atoms with Gasteiger partial charge in [-0.05, 0) is 107 Å². The molecule has 5 aromatic rings. The molecule has 0 spiro atoms. The molecule has 1 heterocycles. The Bertz CT molecular complexity index is 1660. The molecular weight excluding hydrogens is 484 g/mol. The largest absolute Gasteiger partial charge is 0.301 e. The van der Waals surface area contributed by atoms with Crippen LogP contribution in [0.25, 0.3) is 44.3 Å². The third-order valence-electron chi connectivity index (χ3n) is 8.92. The van der Waals surface area contributed by atoms with Crippen molar-refractivity contribution in [2.45, 2.75) is 48.0 Å². The van der Waals surface area contributed by atoms with E-state index in [-0.39, 0.29) is 0 Å². The number of rotatable bonds is 7. The van der Waals surface area contributed by atoms with Crippen molar-refractivity contribution in [3.8, 4) is 33.5 Å². The fraction of sp³-hybridized carbons (Fsp3) is 0.263. The number of hydrogen-bond donors (Lipinski definition) is 0. The molecule has 2 unspecified atom stereocenters. The summed E-state index contributed by atoms with van der Waals surface area (Å²) in [4.78, 5) is 9.23. The first-order chi connectivity index (χ1) is 19.3. The SMILES string of the molecule is C/N=C\C(C)C(C)Cc1c(C)c(C)c(-c2ccccc2-c2ccc(-c3cccc4ccccc34)nc2)c(C)c1C. The van der Waals surface area contributed by atoms with Crippen molar-refractivity contribution >= 4 is 17.0 Å². The van der Waals surface area contributed by atoms with Gasteiger partial charge in [-0.2, -0.15) is 0 Å². The fourth-order valence-corrected chi connectivity index (χ4v) is 6.10. The van der Waals surface area contributed by atoms with E-state index in [9.17, 15) is 0 Å². The molecule has 40 heavy (non-hydrogen) atoms. The zero-order valence-corrected chi connectivity index (χ0v) is 24.9. The highest BCUT2D eigenvalue weighted by Gasteiger charge is 2.21. The van der Waals surface area contributed by atoms with E-state index in [0.717, 1.165) is 17.7 Å². The Balaban J connectivity index is 1.56. The normalized spacial score (nSPS) is 13.2. The minimum atomic E-state index is 0.453. The average Bonchev–Trinajstić information content (AvgIpc) is 2.98. The number of aromatic nitrogens is 1. The lowest BCUT2D eigenvalue weighted by Gasteiger charge is -2.25. The van der Waals surface area contributed by atoms with Gasteiger partial charge in [0.15, 0.2) is 0 Å². The highest BCUT2D eigenvalue weighted by molar-refractivity contribution is 5.96. The second-order valence-electron chi connectivity index (χ2n) is 11.3. The Morgan fingerprint density at radius 2 is 1.32 bits per heavy atom. The molecule has 0 aliphatic heterocycles. The fourth-order valence-electron chi connectivity index (χ4n) is 6.10. The highest BCUT2D eigenvalue weighted by atomic mass is 14.7. The predicted molar refractivity (Wildman–Crippen MR) is 173 cm³/mol. The summed E-state index contributed by atoms with van der Waals surface area (Å²) in [6.07, 6.45) is 5.18. The Hall–Kier alpha value is -4.04. The van der Waals surface area contributed by atoms with Crippen LogP contribution in [0.3, 0.4) is 0 Å². The summed E-state index contributed by atoms with van der Waals surface area (Å²) in [7, 11) is 1.87. The highest BCUT2D eigenvalue weighted by Crippen LogP contribution is 2.40. The van der Waals surface area contributed by atoms with Gasteiger partial charge < -0.3 is 4.99 Å². The summed E-state index contributed by atoms with van der Waals surface area (Å²) < 4.78 is 0. The van der Waals surface area contributed by atoms with Crippen LogP contribution in [0.4, 0.5) is 0 Å². The molecule has 0 amide bonds. The summed E-state index contributed by atoms with van der Waals surface area (Å²) in [5, 5.41) is 2.47. The lowest BCUT2D eigenvalue weighted by molar-refractivity contribution is 0.486. The van der Waals surface area contributed by atoms with Crippen molar-refractivity contribution in [3.63, 3.8) is 0 Å². The van der Waals surface area contributed by atoms with Gasteiger partial charge in [0.25, 0.3) is 0 Å². The van der Waals surface area contributed by atoms with E-state index in [1.54, 1.807) is 0 Å². The maximum Gasteiger partial charge on any atom is 0.0708 e. The number of nitrogens with zero attached hydrogens (tertiary/aromatic N) is 2. The summed E-state index contributed by atoms with van der Waals surface area (Å²) >= 11 is 0. The topological polar surface area (TPSA) is 25.2 Å². The van der Waals surface area contributed by atoms with Crippen LogP contribution < -0.4 is 0 Å². The average molecular weight is 525 g/mol. The molecular formula is C38H40N2. The first kappa shape index (κ1) is 27.5. The van der Waals surface area contributed by atoms with Gasteiger partial charge in [-0.25, -0.2) is 0 Å². The monoisotopic (exact) mass is 524 g/mol. The molecule has 2 heteroatoms. The Kier molecular flexibility index (Phi) is 7.98. The van der Waals surface area contributed by atoms with E-state index in [4.69, 9.17) is 4.98 Å². The van der Waals surface area contributed by atoms with Crippen LogP contribution in [0, 0.1) is 39.5 Å². The van der Waals surface area contributed by atoms with Gasteiger partial charge in [0, 0.05) is 30.6 Å². The van der Waals surface area contributed by atoms with Crippen LogP contribution in [0.1, 0.15) is 41.7 Å². The number of aliphatic imine (C=N–C) groups is 1. The zero-order chi connectivity index (χ0) is 28.4. The molecule has 0 saturated carbocycles. The van der Waals surface area contributed by atoms with E-state index in [1.807, 2.05) is 13.2 Å². The number of benzene rings is 4. The van der Waals surface area contributed by atoms with Crippen LogP contribution in [-0.2, 0) is 6.42 Å². The first-order valence-electron chi connectivity index (χ1n) is 14.4. The number of hydrogen-bond acceptors (Lipinski definition) is 2. The van der Waals surface area contributed by atoms with Gasteiger partial charge in [0.1, 0.15) is 0 Å². The van der Waals surface area contributed by atoms with Crippen molar-refractivity contribution in [2.24, 2.45) is 16.8 Å². The van der Waals surface area contributed by atoms with Gasteiger partial charge >= 0.3 is 0 Å².